The van der Waals surface area contributed by atoms with E-state index in [9.17, 15) is 9.18 Å². The normalized spacial score (nSPS) is 10.5. The molecule has 3 aromatic carbocycles. The Kier molecular flexibility index (Phi) is 6.05. The Labute approximate surface area is 182 Å². The summed E-state index contributed by atoms with van der Waals surface area (Å²) in [6.07, 6.45) is 0. The molecule has 0 unspecified atom stereocenters. The topological polar surface area (TPSA) is 83.6 Å². The molecule has 1 amide bonds. The van der Waals surface area contributed by atoms with Crippen LogP contribution in [0.4, 0.5) is 10.1 Å². The van der Waals surface area contributed by atoms with Crippen molar-refractivity contribution in [1.29, 1.82) is 5.26 Å². The number of carbonyl (C=O) groups is 1. The van der Waals surface area contributed by atoms with Crippen LogP contribution in [0.1, 0.15) is 5.56 Å². The molecule has 0 aliphatic heterocycles. The van der Waals surface area contributed by atoms with Gasteiger partial charge in [-0.1, -0.05) is 30.0 Å². The second kappa shape index (κ2) is 9.24. The van der Waals surface area contributed by atoms with E-state index in [0.717, 1.165) is 5.69 Å². The van der Waals surface area contributed by atoms with Crippen molar-refractivity contribution in [2.24, 2.45) is 0 Å². The van der Waals surface area contributed by atoms with E-state index in [2.05, 4.69) is 15.5 Å². The van der Waals surface area contributed by atoms with Gasteiger partial charge in [0, 0.05) is 16.9 Å². The van der Waals surface area contributed by atoms with E-state index in [1.165, 1.54) is 23.9 Å². The number of halogens is 1. The summed E-state index contributed by atoms with van der Waals surface area (Å²) in [5.74, 6) is 0.138. The molecule has 1 heterocycles. The summed E-state index contributed by atoms with van der Waals surface area (Å²) in [5, 5.41) is 20.7. The van der Waals surface area contributed by atoms with Crippen molar-refractivity contribution in [3.05, 3.63) is 90.2 Å². The molecule has 152 valence electrons. The van der Waals surface area contributed by atoms with Crippen LogP contribution in [0.2, 0.25) is 0 Å². The van der Waals surface area contributed by atoms with Gasteiger partial charge >= 0.3 is 0 Å². The number of nitriles is 1. The molecule has 1 N–H and O–H groups in total. The summed E-state index contributed by atoms with van der Waals surface area (Å²) >= 11 is 1.25. The Hall–Kier alpha value is -3.96. The second-order valence-corrected chi connectivity index (χ2v) is 7.45. The smallest absolute Gasteiger partial charge is 0.234 e. The van der Waals surface area contributed by atoms with Gasteiger partial charge in [-0.15, -0.1) is 10.2 Å². The van der Waals surface area contributed by atoms with Crippen molar-refractivity contribution in [2.75, 3.05) is 11.1 Å². The molecule has 4 rings (SSSR count). The molecular weight excluding hydrogens is 413 g/mol. The van der Waals surface area contributed by atoms with Gasteiger partial charge in [-0.2, -0.15) is 5.26 Å². The van der Waals surface area contributed by atoms with Gasteiger partial charge < -0.3 is 5.32 Å². The maximum atomic E-state index is 13.4. The highest BCUT2D eigenvalue weighted by atomic mass is 32.2. The van der Waals surface area contributed by atoms with Gasteiger partial charge in [0.1, 0.15) is 5.82 Å². The number of benzene rings is 3. The van der Waals surface area contributed by atoms with Gasteiger partial charge in [0.25, 0.3) is 0 Å². The molecule has 0 aliphatic rings. The highest BCUT2D eigenvalue weighted by molar-refractivity contribution is 7.99. The van der Waals surface area contributed by atoms with Crippen molar-refractivity contribution in [3.63, 3.8) is 0 Å². The molecule has 0 saturated heterocycles. The number of thioether (sulfide) groups is 1. The molecule has 0 aliphatic carbocycles. The van der Waals surface area contributed by atoms with Crippen LogP contribution in [0.3, 0.4) is 0 Å². The lowest BCUT2D eigenvalue weighted by Crippen LogP contribution is -2.14. The third-order valence-electron chi connectivity index (χ3n) is 4.38. The Morgan fingerprint density at radius 2 is 1.71 bits per heavy atom. The fraction of sp³-hybridized carbons (Fsp3) is 0.0435. The number of amides is 1. The summed E-state index contributed by atoms with van der Waals surface area (Å²) in [6, 6.07) is 24.2. The third kappa shape index (κ3) is 4.79. The fourth-order valence-electron chi connectivity index (χ4n) is 2.91. The number of rotatable bonds is 6. The molecule has 0 radical (unpaired) electrons. The minimum atomic E-state index is -0.330. The van der Waals surface area contributed by atoms with Crippen LogP contribution in [-0.4, -0.2) is 26.4 Å². The molecule has 0 bridgehead atoms. The molecule has 0 atom stereocenters. The summed E-state index contributed by atoms with van der Waals surface area (Å²) < 4.78 is 15.2. The first kappa shape index (κ1) is 20.3. The molecule has 6 nitrogen and oxygen atoms in total. The predicted molar refractivity (Wildman–Crippen MR) is 117 cm³/mol. The lowest BCUT2D eigenvalue weighted by atomic mass is 10.2. The number of hydrogen-bond donors (Lipinski definition) is 1. The maximum absolute atomic E-state index is 13.4. The van der Waals surface area contributed by atoms with Crippen molar-refractivity contribution >= 4 is 23.4 Å². The number of para-hydroxylation sites is 1. The van der Waals surface area contributed by atoms with Crippen molar-refractivity contribution < 1.29 is 9.18 Å². The third-order valence-corrected chi connectivity index (χ3v) is 5.31. The van der Waals surface area contributed by atoms with Crippen LogP contribution in [0, 0.1) is 17.1 Å². The quantitative estimate of drug-likeness (QED) is 0.450. The van der Waals surface area contributed by atoms with Gasteiger partial charge in [-0.05, 0) is 60.7 Å². The summed E-state index contributed by atoms with van der Waals surface area (Å²) in [4.78, 5) is 12.4. The van der Waals surface area contributed by atoms with Crippen LogP contribution < -0.4 is 5.32 Å². The van der Waals surface area contributed by atoms with Crippen LogP contribution in [0.5, 0.6) is 0 Å². The Bertz CT molecular complexity index is 1230. The summed E-state index contributed by atoms with van der Waals surface area (Å²) in [7, 11) is 0. The van der Waals surface area contributed by atoms with E-state index in [1.807, 2.05) is 41.0 Å². The monoisotopic (exact) mass is 429 g/mol. The largest absolute Gasteiger partial charge is 0.325 e. The van der Waals surface area contributed by atoms with Crippen LogP contribution in [0.15, 0.2) is 84.0 Å². The summed E-state index contributed by atoms with van der Waals surface area (Å²) in [6.45, 7) is 0. The molecule has 1 aromatic heterocycles. The number of hydrogen-bond acceptors (Lipinski definition) is 5. The molecule has 0 saturated carbocycles. The minimum absolute atomic E-state index is 0.119. The van der Waals surface area contributed by atoms with E-state index in [4.69, 9.17) is 5.26 Å². The van der Waals surface area contributed by atoms with Gasteiger partial charge in [0.2, 0.25) is 5.91 Å². The molecule has 8 heteroatoms. The van der Waals surface area contributed by atoms with Gasteiger partial charge in [0.15, 0.2) is 11.0 Å². The zero-order valence-electron chi connectivity index (χ0n) is 16.2. The number of nitrogens with one attached hydrogen (secondary N) is 1. The Morgan fingerprint density at radius 3 is 2.39 bits per heavy atom. The average Bonchev–Trinajstić information content (AvgIpc) is 3.23. The molecule has 0 spiro atoms. The predicted octanol–water partition coefficient (Wildman–Crippen LogP) is 4.68. The van der Waals surface area contributed by atoms with E-state index in [0.29, 0.717) is 27.8 Å². The standard InChI is InChI=1S/C23H16FN5OS/c24-18-10-8-17(9-11-18)22-27-28-23(29(22)20-4-2-1-3-5-20)31-15-21(30)26-19-12-6-16(14-25)7-13-19/h1-13H,15H2,(H,26,30). The van der Waals surface area contributed by atoms with Gasteiger partial charge in [-0.25, -0.2) is 4.39 Å². The van der Waals surface area contributed by atoms with Crippen molar-refractivity contribution in [2.45, 2.75) is 5.16 Å². The van der Waals surface area contributed by atoms with E-state index in [1.54, 1.807) is 36.4 Å². The van der Waals surface area contributed by atoms with Crippen LogP contribution in [-0.2, 0) is 4.79 Å². The van der Waals surface area contributed by atoms with Crippen LogP contribution >= 0.6 is 11.8 Å². The number of anilines is 1. The first-order valence-corrected chi connectivity index (χ1v) is 10.3. The van der Waals surface area contributed by atoms with E-state index >= 15 is 0 Å². The van der Waals surface area contributed by atoms with Crippen LogP contribution in [0.25, 0.3) is 17.1 Å². The fourth-order valence-corrected chi connectivity index (χ4v) is 3.67. The first-order valence-electron chi connectivity index (χ1n) is 9.33. The number of carbonyl (C=O) groups excluding carboxylic acids is 1. The lowest BCUT2D eigenvalue weighted by molar-refractivity contribution is -0.113. The second-order valence-electron chi connectivity index (χ2n) is 6.51. The maximum Gasteiger partial charge on any atom is 0.234 e. The highest BCUT2D eigenvalue weighted by Gasteiger charge is 2.17. The Morgan fingerprint density at radius 1 is 1.00 bits per heavy atom. The minimum Gasteiger partial charge on any atom is -0.325 e. The SMILES string of the molecule is N#Cc1ccc(NC(=O)CSc2nnc(-c3ccc(F)cc3)n2-c2ccccc2)cc1. The molecule has 31 heavy (non-hydrogen) atoms. The molecular formula is C23H16FN5OS. The van der Waals surface area contributed by atoms with Crippen molar-refractivity contribution in [1.82, 2.24) is 14.8 Å². The number of aromatic nitrogens is 3. The zero-order chi connectivity index (χ0) is 21.6. The first-order chi connectivity index (χ1) is 15.1. The lowest BCUT2D eigenvalue weighted by Gasteiger charge is -2.10. The average molecular weight is 429 g/mol. The van der Waals surface area contributed by atoms with E-state index < -0.39 is 0 Å². The summed E-state index contributed by atoms with van der Waals surface area (Å²) in [5.41, 5.74) is 2.69. The van der Waals surface area contributed by atoms with Crippen molar-refractivity contribution in [3.8, 4) is 23.1 Å². The zero-order valence-corrected chi connectivity index (χ0v) is 17.0. The van der Waals surface area contributed by atoms with Gasteiger partial charge in [0.05, 0.1) is 17.4 Å². The van der Waals surface area contributed by atoms with E-state index in [-0.39, 0.29) is 17.5 Å². The Balaban J connectivity index is 1.56. The molecule has 0 fully saturated rings. The van der Waals surface area contributed by atoms with Gasteiger partial charge in [-0.3, -0.25) is 9.36 Å². The number of nitrogens with zero attached hydrogens (tertiary/aromatic N) is 4. The molecule has 4 aromatic rings. The highest BCUT2D eigenvalue weighted by Crippen LogP contribution is 2.28.